The zero-order chi connectivity index (χ0) is 16.0. The maximum absolute atomic E-state index is 12.6. The van der Waals surface area contributed by atoms with Crippen molar-refractivity contribution in [3.05, 3.63) is 28.2 Å². The van der Waals surface area contributed by atoms with Gasteiger partial charge in [0.15, 0.2) is 0 Å². The number of amides is 1. The fourth-order valence-electron chi connectivity index (χ4n) is 1.99. The van der Waals surface area contributed by atoms with Gasteiger partial charge < -0.3 is 14.7 Å². The van der Waals surface area contributed by atoms with E-state index in [4.69, 9.17) is 9.84 Å². The number of nitrogens with zero attached hydrogens (tertiary/aromatic N) is 1. The summed E-state index contributed by atoms with van der Waals surface area (Å²) in [5, 5.41) is 8.70. The topological polar surface area (TPSA) is 66.8 Å². The number of carboxylic acid groups (broad SMARTS) is 1. The first kappa shape index (κ1) is 17.5. The number of carbonyl (C=O) groups excluding carboxylic acids is 1. The predicted molar refractivity (Wildman–Crippen MR) is 83.7 cm³/mol. The van der Waals surface area contributed by atoms with E-state index in [1.54, 1.807) is 23.1 Å². The molecule has 0 fully saturated rings. The summed E-state index contributed by atoms with van der Waals surface area (Å²) in [6.45, 7) is 4.22. The molecule has 0 bridgehead atoms. The molecule has 0 aliphatic heterocycles. The van der Waals surface area contributed by atoms with Crippen molar-refractivity contribution in [1.29, 1.82) is 0 Å². The van der Waals surface area contributed by atoms with Gasteiger partial charge in [0, 0.05) is 23.5 Å². The lowest BCUT2D eigenvalue weighted by Gasteiger charge is -2.27. The van der Waals surface area contributed by atoms with Gasteiger partial charge >= 0.3 is 5.97 Å². The molecule has 1 N–H and O–H groups in total. The Morgan fingerprint density at radius 3 is 2.57 bits per heavy atom. The van der Waals surface area contributed by atoms with Gasteiger partial charge in [-0.2, -0.15) is 0 Å². The third-order valence-electron chi connectivity index (χ3n) is 3.07. The number of hydrogen-bond acceptors (Lipinski definition) is 3. The van der Waals surface area contributed by atoms with Crippen LogP contribution in [0.4, 0.5) is 0 Å². The first-order chi connectivity index (χ1) is 9.86. The summed E-state index contributed by atoms with van der Waals surface area (Å²) in [7, 11) is 1.52. The number of hydrogen-bond donors (Lipinski definition) is 1. The van der Waals surface area contributed by atoms with E-state index < -0.39 is 5.97 Å². The zero-order valence-electron chi connectivity index (χ0n) is 12.4. The Labute approximate surface area is 133 Å². The molecule has 5 nitrogen and oxygen atoms in total. The first-order valence-corrected chi connectivity index (χ1v) is 7.52. The molecule has 0 heterocycles. The van der Waals surface area contributed by atoms with E-state index in [9.17, 15) is 9.59 Å². The molecule has 0 aliphatic rings. The molecule has 0 atom stereocenters. The highest BCUT2D eigenvalue weighted by Gasteiger charge is 2.22. The molecule has 0 saturated carbocycles. The molecule has 0 saturated heterocycles. The van der Waals surface area contributed by atoms with Crippen molar-refractivity contribution in [2.24, 2.45) is 0 Å². The average Bonchev–Trinajstić information content (AvgIpc) is 2.42. The van der Waals surface area contributed by atoms with E-state index in [1.165, 1.54) is 7.11 Å². The minimum atomic E-state index is -0.854. The molecule has 1 aromatic rings. The minimum absolute atomic E-state index is 0.0142. The van der Waals surface area contributed by atoms with Crippen LogP contribution in [-0.2, 0) is 4.79 Å². The SMILES string of the molecule is COc1cc(Br)ccc1C(=O)N(CCCC(=O)O)C(C)C. The Morgan fingerprint density at radius 1 is 1.38 bits per heavy atom. The second-order valence-corrected chi connectivity index (χ2v) is 5.85. The van der Waals surface area contributed by atoms with E-state index in [0.29, 0.717) is 24.3 Å². The van der Waals surface area contributed by atoms with Crippen LogP contribution < -0.4 is 4.74 Å². The monoisotopic (exact) mass is 357 g/mol. The van der Waals surface area contributed by atoms with Crippen molar-refractivity contribution in [3.8, 4) is 5.75 Å². The molecule has 1 rings (SSSR count). The Bertz CT molecular complexity index is 516. The van der Waals surface area contributed by atoms with Crippen LogP contribution in [0.3, 0.4) is 0 Å². The Hall–Kier alpha value is -1.56. The van der Waals surface area contributed by atoms with Gasteiger partial charge in [-0.05, 0) is 38.5 Å². The molecular formula is C15H20BrNO4. The Morgan fingerprint density at radius 2 is 2.05 bits per heavy atom. The summed E-state index contributed by atoms with van der Waals surface area (Å²) >= 11 is 3.34. The number of carboxylic acids is 1. The molecule has 6 heteroatoms. The molecule has 116 valence electrons. The maximum Gasteiger partial charge on any atom is 0.303 e. The van der Waals surface area contributed by atoms with Crippen LogP contribution in [0.1, 0.15) is 37.0 Å². The Kier molecular flexibility index (Phi) is 6.68. The molecule has 0 unspecified atom stereocenters. The summed E-state index contributed by atoms with van der Waals surface area (Å²) in [5.74, 6) is -0.509. The molecule has 1 aromatic carbocycles. The van der Waals surface area contributed by atoms with Gasteiger partial charge in [-0.1, -0.05) is 15.9 Å². The standard InChI is InChI=1S/C15H20BrNO4/c1-10(2)17(8-4-5-14(18)19)15(20)12-7-6-11(16)9-13(12)21-3/h6-7,9-10H,4-5,8H2,1-3H3,(H,18,19). The molecule has 0 aliphatic carbocycles. The number of halogens is 1. The number of ether oxygens (including phenoxy) is 1. The van der Waals surface area contributed by atoms with Crippen molar-refractivity contribution >= 4 is 27.8 Å². The number of carbonyl (C=O) groups is 2. The van der Waals surface area contributed by atoms with E-state index >= 15 is 0 Å². The molecule has 1 amide bonds. The van der Waals surface area contributed by atoms with Gasteiger partial charge in [-0.25, -0.2) is 0 Å². The highest BCUT2D eigenvalue weighted by molar-refractivity contribution is 9.10. The summed E-state index contributed by atoms with van der Waals surface area (Å²) in [5.41, 5.74) is 0.477. The number of methoxy groups -OCH3 is 1. The highest BCUT2D eigenvalue weighted by Crippen LogP contribution is 2.25. The van der Waals surface area contributed by atoms with Gasteiger partial charge in [-0.3, -0.25) is 9.59 Å². The third kappa shape index (κ3) is 5.04. The van der Waals surface area contributed by atoms with Crippen LogP contribution in [0.2, 0.25) is 0 Å². The Balaban J connectivity index is 2.93. The van der Waals surface area contributed by atoms with Gasteiger partial charge in [0.1, 0.15) is 5.75 Å². The second-order valence-electron chi connectivity index (χ2n) is 4.93. The lowest BCUT2D eigenvalue weighted by Crippen LogP contribution is -2.38. The smallest absolute Gasteiger partial charge is 0.303 e. The van der Waals surface area contributed by atoms with Crippen LogP contribution in [0, 0.1) is 0 Å². The lowest BCUT2D eigenvalue weighted by molar-refractivity contribution is -0.137. The van der Waals surface area contributed by atoms with Crippen LogP contribution in [0.15, 0.2) is 22.7 Å². The number of rotatable bonds is 7. The zero-order valence-corrected chi connectivity index (χ0v) is 14.0. The first-order valence-electron chi connectivity index (χ1n) is 6.73. The number of benzene rings is 1. The van der Waals surface area contributed by atoms with Crippen LogP contribution in [0.25, 0.3) is 0 Å². The molecule has 0 aromatic heterocycles. The van der Waals surface area contributed by atoms with E-state index in [2.05, 4.69) is 15.9 Å². The summed E-state index contributed by atoms with van der Waals surface area (Å²) in [6, 6.07) is 5.21. The van der Waals surface area contributed by atoms with Gasteiger partial charge in [0.25, 0.3) is 5.91 Å². The van der Waals surface area contributed by atoms with Crippen molar-refractivity contribution in [1.82, 2.24) is 4.90 Å². The van der Waals surface area contributed by atoms with E-state index in [1.807, 2.05) is 13.8 Å². The van der Waals surface area contributed by atoms with E-state index in [0.717, 1.165) is 4.47 Å². The fraction of sp³-hybridized carbons (Fsp3) is 0.467. The molecule has 0 spiro atoms. The summed E-state index contributed by atoms with van der Waals surface area (Å²) in [6.07, 6.45) is 0.478. The van der Waals surface area contributed by atoms with Crippen molar-refractivity contribution < 1.29 is 19.4 Å². The van der Waals surface area contributed by atoms with Gasteiger partial charge in [0.2, 0.25) is 0 Å². The van der Waals surface area contributed by atoms with Crippen molar-refractivity contribution in [2.75, 3.05) is 13.7 Å². The molecular weight excluding hydrogens is 338 g/mol. The third-order valence-corrected chi connectivity index (χ3v) is 3.56. The quantitative estimate of drug-likeness (QED) is 0.813. The molecule has 21 heavy (non-hydrogen) atoms. The fourth-order valence-corrected chi connectivity index (χ4v) is 2.33. The van der Waals surface area contributed by atoms with Gasteiger partial charge in [0.05, 0.1) is 12.7 Å². The minimum Gasteiger partial charge on any atom is -0.496 e. The molecule has 0 radical (unpaired) electrons. The normalized spacial score (nSPS) is 10.5. The average molecular weight is 358 g/mol. The van der Waals surface area contributed by atoms with E-state index in [-0.39, 0.29) is 18.4 Å². The largest absolute Gasteiger partial charge is 0.496 e. The maximum atomic E-state index is 12.6. The summed E-state index contributed by atoms with van der Waals surface area (Å²) in [4.78, 5) is 24.9. The van der Waals surface area contributed by atoms with Crippen LogP contribution in [0.5, 0.6) is 5.75 Å². The van der Waals surface area contributed by atoms with Crippen LogP contribution in [-0.4, -0.2) is 41.6 Å². The van der Waals surface area contributed by atoms with Crippen molar-refractivity contribution in [3.63, 3.8) is 0 Å². The predicted octanol–water partition coefficient (Wildman–Crippen LogP) is 3.17. The number of aliphatic carboxylic acids is 1. The highest BCUT2D eigenvalue weighted by atomic mass is 79.9. The van der Waals surface area contributed by atoms with Crippen LogP contribution >= 0.6 is 15.9 Å². The van der Waals surface area contributed by atoms with Gasteiger partial charge in [-0.15, -0.1) is 0 Å². The second kappa shape index (κ2) is 8.02. The lowest BCUT2D eigenvalue weighted by atomic mass is 10.1. The van der Waals surface area contributed by atoms with Crippen molar-refractivity contribution in [2.45, 2.75) is 32.7 Å². The summed E-state index contributed by atoms with van der Waals surface area (Å²) < 4.78 is 6.08.